The molecule has 0 spiro atoms. The Morgan fingerprint density at radius 1 is 1.36 bits per heavy atom. The summed E-state index contributed by atoms with van der Waals surface area (Å²) in [5.41, 5.74) is 0. The molecule has 0 fully saturated rings. The third-order valence-electron chi connectivity index (χ3n) is 1.44. The molecule has 0 saturated heterocycles. The van der Waals surface area contributed by atoms with Gasteiger partial charge in [0.05, 0.1) is 0 Å². The van der Waals surface area contributed by atoms with Crippen LogP contribution in [0.3, 0.4) is 0 Å². The second-order valence-corrected chi connectivity index (χ2v) is 4.14. The lowest BCUT2D eigenvalue weighted by atomic mass is 10.3. The van der Waals surface area contributed by atoms with E-state index in [0.717, 1.165) is 0 Å². The highest BCUT2D eigenvalue weighted by Gasteiger charge is 2.06. The zero-order valence-corrected chi connectivity index (χ0v) is 8.00. The van der Waals surface area contributed by atoms with Crippen LogP contribution in [0.15, 0.2) is 24.3 Å². The lowest BCUT2D eigenvalue weighted by molar-refractivity contribution is 0.318. The van der Waals surface area contributed by atoms with Crippen molar-refractivity contribution in [3.63, 3.8) is 0 Å². The summed E-state index contributed by atoms with van der Waals surface area (Å²) in [5.74, 6) is -1.15. The fourth-order valence-electron chi connectivity index (χ4n) is 0.819. The predicted molar refractivity (Wildman–Crippen MR) is 48.3 cm³/mol. The first-order valence-corrected chi connectivity index (χ1v) is 5.42. The van der Waals surface area contributed by atoms with Gasteiger partial charge in [0.15, 0.2) is 11.6 Å². The first-order valence-electron chi connectivity index (χ1n) is 3.81. The van der Waals surface area contributed by atoms with E-state index in [1.807, 2.05) is 0 Å². The van der Waals surface area contributed by atoms with Gasteiger partial charge in [-0.15, -0.1) is 0 Å². The highest BCUT2D eigenvalue weighted by Crippen LogP contribution is 2.14. The van der Waals surface area contributed by atoms with E-state index in [1.165, 1.54) is 18.2 Å². The highest BCUT2D eigenvalue weighted by molar-refractivity contribution is 7.85. The van der Waals surface area contributed by atoms with Gasteiger partial charge in [0.25, 0.3) is 10.1 Å². The minimum absolute atomic E-state index is 0.0313. The molecule has 78 valence electrons. The molecule has 1 rings (SSSR count). The molecule has 1 aromatic rings. The maximum absolute atomic E-state index is 12.9. The summed E-state index contributed by atoms with van der Waals surface area (Å²) in [7, 11) is -4.05. The zero-order chi connectivity index (χ0) is 10.6. The fraction of sp³-hybridized carbons (Fsp3) is 0.250. The molecular formula is C8H9FO4S. The zero-order valence-electron chi connectivity index (χ0n) is 7.18. The van der Waals surface area contributed by atoms with Crippen LogP contribution in [-0.2, 0) is 10.1 Å². The van der Waals surface area contributed by atoms with Gasteiger partial charge in [0.2, 0.25) is 0 Å². The van der Waals surface area contributed by atoms with E-state index in [9.17, 15) is 12.8 Å². The summed E-state index contributed by atoms with van der Waals surface area (Å²) < 4.78 is 46.6. The number of rotatable bonds is 4. The van der Waals surface area contributed by atoms with E-state index in [-0.39, 0.29) is 12.4 Å². The standard InChI is InChI=1S/C8H9FO4S/c9-7-3-1-2-4-8(7)13-5-6-14(10,11)12/h1-4H,5-6H2,(H,10,11,12). The van der Waals surface area contributed by atoms with Crippen molar-refractivity contribution in [2.24, 2.45) is 0 Å². The maximum atomic E-state index is 12.9. The lowest BCUT2D eigenvalue weighted by Gasteiger charge is -2.04. The number of hydrogen-bond donors (Lipinski definition) is 1. The van der Waals surface area contributed by atoms with Gasteiger partial charge in [-0.3, -0.25) is 4.55 Å². The van der Waals surface area contributed by atoms with Crippen molar-refractivity contribution >= 4 is 10.1 Å². The normalized spacial score (nSPS) is 11.3. The molecule has 0 unspecified atom stereocenters. The second kappa shape index (κ2) is 4.39. The van der Waals surface area contributed by atoms with Crippen LogP contribution in [0.1, 0.15) is 0 Å². The van der Waals surface area contributed by atoms with Crippen molar-refractivity contribution in [3.05, 3.63) is 30.1 Å². The summed E-state index contributed by atoms with van der Waals surface area (Å²) in [4.78, 5) is 0. The van der Waals surface area contributed by atoms with Gasteiger partial charge in [-0.1, -0.05) is 12.1 Å². The molecule has 4 nitrogen and oxygen atoms in total. The fourth-order valence-corrected chi connectivity index (χ4v) is 1.11. The number of benzene rings is 1. The molecule has 1 N–H and O–H groups in total. The maximum Gasteiger partial charge on any atom is 0.268 e. The van der Waals surface area contributed by atoms with Crippen molar-refractivity contribution in [2.75, 3.05) is 12.4 Å². The molecule has 1 aromatic carbocycles. The van der Waals surface area contributed by atoms with E-state index < -0.39 is 21.7 Å². The first kappa shape index (κ1) is 10.9. The summed E-state index contributed by atoms with van der Waals surface area (Å²) in [6.07, 6.45) is 0. The van der Waals surface area contributed by atoms with Gasteiger partial charge in [0.1, 0.15) is 12.4 Å². The monoisotopic (exact) mass is 220 g/mol. The van der Waals surface area contributed by atoms with E-state index in [1.54, 1.807) is 6.07 Å². The molecule has 6 heteroatoms. The van der Waals surface area contributed by atoms with Crippen LogP contribution >= 0.6 is 0 Å². The second-order valence-electron chi connectivity index (χ2n) is 2.56. The quantitative estimate of drug-likeness (QED) is 0.771. The van der Waals surface area contributed by atoms with Gasteiger partial charge >= 0.3 is 0 Å². The third-order valence-corrected chi connectivity index (χ3v) is 2.12. The summed E-state index contributed by atoms with van der Waals surface area (Å²) in [6.45, 7) is -0.278. The number of halogens is 1. The minimum atomic E-state index is -4.05. The predicted octanol–water partition coefficient (Wildman–Crippen LogP) is 1.09. The van der Waals surface area contributed by atoms with Gasteiger partial charge in [-0.2, -0.15) is 8.42 Å². The summed E-state index contributed by atoms with van der Waals surface area (Å²) in [6, 6.07) is 5.62. The number of para-hydroxylation sites is 1. The van der Waals surface area contributed by atoms with Gasteiger partial charge < -0.3 is 4.74 Å². The van der Waals surface area contributed by atoms with Crippen molar-refractivity contribution in [1.82, 2.24) is 0 Å². The minimum Gasteiger partial charge on any atom is -0.489 e. The van der Waals surface area contributed by atoms with Crippen LogP contribution in [0.5, 0.6) is 5.75 Å². The Kier molecular flexibility index (Phi) is 3.43. The average Bonchev–Trinajstić information content (AvgIpc) is 2.06. The molecule has 0 bridgehead atoms. The summed E-state index contributed by atoms with van der Waals surface area (Å²) >= 11 is 0. The van der Waals surface area contributed by atoms with Gasteiger partial charge in [-0.05, 0) is 12.1 Å². The Morgan fingerprint density at radius 2 is 2.00 bits per heavy atom. The number of ether oxygens (including phenoxy) is 1. The first-order chi connectivity index (χ1) is 6.49. The molecule has 0 aliphatic carbocycles. The molecule has 0 heterocycles. The molecule has 0 amide bonds. The van der Waals surface area contributed by atoms with Gasteiger partial charge in [-0.25, -0.2) is 4.39 Å². The molecule has 0 saturated carbocycles. The van der Waals surface area contributed by atoms with Crippen LogP contribution in [-0.4, -0.2) is 25.3 Å². The molecule has 0 aliphatic rings. The smallest absolute Gasteiger partial charge is 0.268 e. The molecule has 0 aliphatic heterocycles. The third kappa shape index (κ3) is 3.71. The van der Waals surface area contributed by atoms with Crippen molar-refractivity contribution in [1.29, 1.82) is 0 Å². The molecular weight excluding hydrogens is 211 g/mol. The van der Waals surface area contributed by atoms with Gasteiger partial charge in [0, 0.05) is 0 Å². The Bertz CT molecular complexity index is 402. The van der Waals surface area contributed by atoms with Crippen molar-refractivity contribution in [2.45, 2.75) is 0 Å². The molecule has 0 aromatic heterocycles. The van der Waals surface area contributed by atoms with Crippen LogP contribution in [0.2, 0.25) is 0 Å². The molecule has 0 radical (unpaired) electrons. The van der Waals surface area contributed by atoms with Crippen molar-refractivity contribution in [3.8, 4) is 5.75 Å². The molecule has 0 atom stereocenters. The largest absolute Gasteiger partial charge is 0.489 e. The van der Waals surface area contributed by atoms with Crippen molar-refractivity contribution < 1.29 is 22.1 Å². The summed E-state index contributed by atoms with van der Waals surface area (Å²) in [5, 5.41) is 0. The van der Waals surface area contributed by atoms with E-state index in [0.29, 0.717) is 0 Å². The van der Waals surface area contributed by atoms with Crippen LogP contribution < -0.4 is 4.74 Å². The SMILES string of the molecule is O=S(=O)(O)CCOc1ccccc1F. The van der Waals surface area contributed by atoms with E-state index >= 15 is 0 Å². The van der Waals surface area contributed by atoms with E-state index in [4.69, 9.17) is 9.29 Å². The van der Waals surface area contributed by atoms with Crippen LogP contribution in [0, 0.1) is 5.82 Å². The number of hydrogen-bond acceptors (Lipinski definition) is 3. The molecule has 14 heavy (non-hydrogen) atoms. The topological polar surface area (TPSA) is 63.6 Å². The average molecular weight is 220 g/mol. The Labute approximate surface area is 81.1 Å². The Morgan fingerprint density at radius 3 is 2.57 bits per heavy atom. The lowest BCUT2D eigenvalue weighted by Crippen LogP contribution is -2.13. The van der Waals surface area contributed by atoms with Crippen LogP contribution in [0.4, 0.5) is 4.39 Å². The van der Waals surface area contributed by atoms with E-state index in [2.05, 4.69) is 0 Å². The highest BCUT2D eigenvalue weighted by atomic mass is 32.2. The Balaban J connectivity index is 2.51. The Hall–Kier alpha value is -1.14. The van der Waals surface area contributed by atoms with Crippen LogP contribution in [0.25, 0.3) is 0 Å².